The quantitative estimate of drug-likeness (QED) is 0.699. The van der Waals surface area contributed by atoms with Crippen molar-refractivity contribution < 1.29 is 13.5 Å². The molecule has 0 spiro atoms. The average Bonchev–Trinajstić information content (AvgIpc) is 2.28. The normalized spacial score (nSPS) is 22.6. The molecule has 0 radical (unpaired) electrons. The van der Waals surface area contributed by atoms with Crippen LogP contribution in [0.2, 0.25) is 0 Å². The van der Waals surface area contributed by atoms with Crippen LogP contribution in [0.15, 0.2) is 0 Å². The zero-order chi connectivity index (χ0) is 12.7. The Morgan fingerprint density at radius 1 is 1.29 bits per heavy atom. The number of hydrogen-bond acceptors (Lipinski definition) is 2. The van der Waals surface area contributed by atoms with Gasteiger partial charge in [0, 0.05) is 25.5 Å². The predicted octanol–water partition coefficient (Wildman–Crippen LogP) is 3.22. The topological polar surface area (TPSA) is 21.3 Å². The van der Waals surface area contributed by atoms with E-state index in [1.807, 2.05) is 6.92 Å². The van der Waals surface area contributed by atoms with E-state index in [2.05, 4.69) is 12.2 Å². The largest absolute Gasteiger partial charge is 0.380 e. The lowest BCUT2D eigenvalue weighted by Gasteiger charge is -2.34. The summed E-state index contributed by atoms with van der Waals surface area (Å²) >= 11 is 0. The second kappa shape index (κ2) is 7.27. The number of ether oxygens (including phenoxy) is 1. The van der Waals surface area contributed by atoms with Crippen molar-refractivity contribution in [2.24, 2.45) is 5.92 Å². The van der Waals surface area contributed by atoms with Gasteiger partial charge in [-0.1, -0.05) is 13.8 Å². The molecule has 1 atom stereocenters. The summed E-state index contributed by atoms with van der Waals surface area (Å²) in [5, 5.41) is 3.37. The van der Waals surface area contributed by atoms with Crippen LogP contribution in [0.1, 0.15) is 46.0 Å². The van der Waals surface area contributed by atoms with Crippen LogP contribution < -0.4 is 5.32 Å². The summed E-state index contributed by atoms with van der Waals surface area (Å²) in [6.45, 7) is 6.39. The molecular weight excluding hydrogens is 224 g/mol. The van der Waals surface area contributed by atoms with E-state index in [0.29, 0.717) is 25.4 Å². The first-order chi connectivity index (χ1) is 8.09. The summed E-state index contributed by atoms with van der Waals surface area (Å²) in [4.78, 5) is 0. The summed E-state index contributed by atoms with van der Waals surface area (Å²) in [7, 11) is 0. The molecule has 102 valence electrons. The maximum absolute atomic E-state index is 13.1. The molecule has 0 saturated heterocycles. The van der Waals surface area contributed by atoms with E-state index in [1.54, 1.807) is 0 Å². The molecule has 1 saturated carbocycles. The van der Waals surface area contributed by atoms with Gasteiger partial charge in [-0.3, -0.25) is 0 Å². The molecule has 0 aromatic carbocycles. The Labute approximate surface area is 103 Å². The lowest BCUT2D eigenvalue weighted by molar-refractivity contribution is -0.0534. The maximum atomic E-state index is 13.1. The van der Waals surface area contributed by atoms with E-state index < -0.39 is 5.92 Å². The number of rotatable bonds is 7. The third-order valence-electron chi connectivity index (χ3n) is 3.44. The minimum atomic E-state index is -2.43. The summed E-state index contributed by atoms with van der Waals surface area (Å²) in [5.74, 6) is -2.09. The van der Waals surface area contributed by atoms with Crippen LogP contribution in [-0.4, -0.2) is 31.7 Å². The smallest absolute Gasteiger partial charge is 0.248 e. The van der Waals surface area contributed by atoms with Crippen molar-refractivity contribution >= 4 is 0 Å². The van der Waals surface area contributed by atoms with Crippen LogP contribution in [0, 0.1) is 5.92 Å². The van der Waals surface area contributed by atoms with E-state index in [9.17, 15) is 8.78 Å². The Morgan fingerprint density at radius 3 is 2.47 bits per heavy atom. The van der Waals surface area contributed by atoms with Gasteiger partial charge in [-0.25, -0.2) is 8.78 Å². The first-order valence-electron chi connectivity index (χ1n) is 6.78. The average molecular weight is 249 g/mol. The number of likely N-dealkylation sites (N-methyl/N-ethyl adjacent to an activating group) is 1. The maximum Gasteiger partial charge on any atom is 0.248 e. The summed E-state index contributed by atoms with van der Waals surface area (Å²) in [5.41, 5.74) is 0. The molecule has 0 heterocycles. The van der Waals surface area contributed by atoms with Gasteiger partial charge in [0.2, 0.25) is 5.92 Å². The number of hydrogen-bond donors (Lipinski definition) is 1. The second-order valence-electron chi connectivity index (χ2n) is 4.93. The Balaban J connectivity index is 2.36. The zero-order valence-corrected chi connectivity index (χ0v) is 11.0. The molecule has 1 aliphatic carbocycles. The molecule has 0 aliphatic heterocycles. The van der Waals surface area contributed by atoms with Crippen molar-refractivity contribution in [3.8, 4) is 0 Å². The van der Waals surface area contributed by atoms with Crippen LogP contribution in [0.5, 0.6) is 0 Å². The molecule has 1 rings (SSSR count). The molecule has 0 amide bonds. The third-order valence-corrected chi connectivity index (χ3v) is 3.44. The van der Waals surface area contributed by atoms with Gasteiger partial charge in [0.05, 0.1) is 6.61 Å². The van der Waals surface area contributed by atoms with Crippen LogP contribution in [0.3, 0.4) is 0 Å². The van der Waals surface area contributed by atoms with Gasteiger partial charge in [0.15, 0.2) is 0 Å². The summed E-state index contributed by atoms with van der Waals surface area (Å²) in [6.07, 6.45) is 2.29. The molecule has 17 heavy (non-hydrogen) atoms. The van der Waals surface area contributed by atoms with E-state index >= 15 is 0 Å². The third kappa shape index (κ3) is 5.30. The highest BCUT2D eigenvalue weighted by Gasteiger charge is 2.37. The SMILES string of the molecule is CCCOCC(NCC)C1CCC(F)(F)CC1. The van der Waals surface area contributed by atoms with Crippen molar-refractivity contribution in [1.82, 2.24) is 5.32 Å². The highest BCUT2D eigenvalue weighted by Crippen LogP contribution is 2.37. The molecule has 1 N–H and O–H groups in total. The molecule has 1 unspecified atom stereocenters. The fraction of sp³-hybridized carbons (Fsp3) is 1.00. The molecule has 1 aliphatic rings. The van der Waals surface area contributed by atoms with Gasteiger partial charge < -0.3 is 10.1 Å². The molecule has 0 aromatic rings. The Kier molecular flexibility index (Phi) is 6.34. The highest BCUT2D eigenvalue weighted by molar-refractivity contribution is 4.84. The summed E-state index contributed by atoms with van der Waals surface area (Å²) in [6, 6.07) is 0.239. The molecule has 0 aromatic heterocycles. The monoisotopic (exact) mass is 249 g/mol. The van der Waals surface area contributed by atoms with Gasteiger partial charge in [-0.2, -0.15) is 0 Å². The fourth-order valence-electron chi connectivity index (χ4n) is 2.44. The fourth-order valence-corrected chi connectivity index (χ4v) is 2.44. The second-order valence-corrected chi connectivity index (χ2v) is 4.93. The molecular formula is C13H25F2NO. The Hall–Kier alpha value is -0.220. The first-order valence-corrected chi connectivity index (χ1v) is 6.78. The van der Waals surface area contributed by atoms with E-state index in [1.165, 1.54) is 0 Å². The van der Waals surface area contributed by atoms with Crippen LogP contribution >= 0.6 is 0 Å². The summed E-state index contributed by atoms with van der Waals surface area (Å²) < 4.78 is 31.7. The highest BCUT2D eigenvalue weighted by atomic mass is 19.3. The minimum Gasteiger partial charge on any atom is -0.380 e. The number of nitrogens with one attached hydrogen (secondary N) is 1. The van der Waals surface area contributed by atoms with Crippen molar-refractivity contribution in [1.29, 1.82) is 0 Å². The Morgan fingerprint density at radius 2 is 1.94 bits per heavy atom. The van der Waals surface area contributed by atoms with Gasteiger partial charge in [-0.15, -0.1) is 0 Å². The van der Waals surface area contributed by atoms with E-state index in [4.69, 9.17) is 4.74 Å². The predicted molar refractivity (Wildman–Crippen MR) is 65.5 cm³/mol. The van der Waals surface area contributed by atoms with Crippen LogP contribution in [-0.2, 0) is 4.74 Å². The minimum absolute atomic E-state index is 0.0351. The van der Waals surface area contributed by atoms with E-state index in [-0.39, 0.29) is 18.9 Å². The molecule has 2 nitrogen and oxygen atoms in total. The van der Waals surface area contributed by atoms with Gasteiger partial charge >= 0.3 is 0 Å². The first kappa shape index (κ1) is 14.8. The number of alkyl halides is 2. The molecule has 0 bridgehead atoms. The lowest BCUT2D eigenvalue weighted by Crippen LogP contribution is -2.43. The van der Waals surface area contributed by atoms with Crippen molar-refractivity contribution in [3.05, 3.63) is 0 Å². The zero-order valence-electron chi connectivity index (χ0n) is 11.0. The van der Waals surface area contributed by atoms with E-state index in [0.717, 1.165) is 19.6 Å². The standard InChI is InChI=1S/C13H25F2NO/c1-3-9-17-10-12(16-4-2)11-5-7-13(14,15)8-6-11/h11-12,16H,3-10H2,1-2H3. The van der Waals surface area contributed by atoms with Gasteiger partial charge in [0.1, 0.15) is 0 Å². The van der Waals surface area contributed by atoms with Crippen LogP contribution in [0.4, 0.5) is 8.78 Å². The molecule has 4 heteroatoms. The van der Waals surface area contributed by atoms with Gasteiger partial charge in [-0.05, 0) is 31.7 Å². The van der Waals surface area contributed by atoms with Crippen molar-refractivity contribution in [2.45, 2.75) is 57.9 Å². The Bertz CT molecular complexity index is 202. The van der Waals surface area contributed by atoms with Crippen LogP contribution in [0.25, 0.3) is 0 Å². The number of halogens is 2. The van der Waals surface area contributed by atoms with Gasteiger partial charge in [0.25, 0.3) is 0 Å². The van der Waals surface area contributed by atoms with Crippen molar-refractivity contribution in [2.75, 3.05) is 19.8 Å². The lowest BCUT2D eigenvalue weighted by atomic mass is 9.82. The van der Waals surface area contributed by atoms with Crippen molar-refractivity contribution in [3.63, 3.8) is 0 Å². The molecule has 1 fully saturated rings.